The molecular formula is C31H23N3O5S. The van der Waals surface area contributed by atoms with Crippen molar-refractivity contribution >= 4 is 22.8 Å². The first-order valence-electron chi connectivity index (χ1n) is 12.6. The summed E-state index contributed by atoms with van der Waals surface area (Å²) in [7, 11) is 1.61. The topological polar surface area (TPSA) is 104 Å². The molecule has 0 fully saturated rings. The van der Waals surface area contributed by atoms with Gasteiger partial charge in [-0.15, -0.1) is 11.3 Å². The summed E-state index contributed by atoms with van der Waals surface area (Å²) in [5, 5.41) is 13.5. The Balaban J connectivity index is 1.47. The molecule has 0 aliphatic heterocycles. The van der Waals surface area contributed by atoms with Crippen molar-refractivity contribution in [3.05, 3.63) is 128 Å². The van der Waals surface area contributed by atoms with E-state index >= 15 is 0 Å². The van der Waals surface area contributed by atoms with Crippen LogP contribution in [0.25, 0.3) is 27.5 Å². The largest absolute Gasteiger partial charge is 0.497 e. The number of fused-ring (bicyclic) bond motifs is 1. The molecule has 0 N–H and O–H groups in total. The lowest BCUT2D eigenvalue weighted by Crippen LogP contribution is -2.31. The normalized spacial score (nSPS) is 14.5. The number of hydrogen-bond acceptors (Lipinski definition) is 7. The van der Waals surface area contributed by atoms with Crippen LogP contribution < -0.4 is 10.3 Å². The molecule has 1 aliphatic carbocycles. The lowest BCUT2D eigenvalue weighted by molar-refractivity contribution is -0.384. The van der Waals surface area contributed by atoms with Crippen LogP contribution in [-0.2, 0) is 6.42 Å². The van der Waals surface area contributed by atoms with Crippen LogP contribution in [0.5, 0.6) is 5.75 Å². The molecule has 1 atom stereocenters. The third-order valence-electron chi connectivity index (χ3n) is 7.16. The molecule has 0 spiro atoms. The molecule has 2 aromatic heterocycles. The number of para-hydroxylation sites is 1. The Morgan fingerprint density at radius 3 is 2.45 bits per heavy atom. The third kappa shape index (κ3) is 4.60. The number of nitro groups is 1. The van der Waals surface area contributed by atoms with Gasteiger partial charge in [-0.2, -0.15) is 0 Å². The molecule has 0 unspecified atom stereocenters. The number of carbonyl (C=O) groups excluding carboxylic acids is 1. The molecule has 40 heavy (non-hydrogen) atoms. The summed E-state index contributed by atoms with van der Waals surface area (Å²) in [5.41, 5.74) is 3.98. The van der Waals surface area contributed by atoms with E-state index in [0.29, 0.717) is 51.6 Å². The van der Waals surface area contributed by atoms with Crippen molar-refractivity contribution in [3.8, 4) is 33.3 Å². The van der Waals surface area contributed by atoms with Gasteiger partial charge in [0.15, 0.2) is 5.78 Å². The number of methoxy groups -OCH3 is 1. The Kier molecular flexibility index (Phi) is 6.57. The second-order valence-corrected chi connectivity index (χ2v) is 10.4. The van der Waals surface area contributed by atoms with Crippen molar-refractivity contribution in [1.29, 1.82) is 0 Å². The molecule has 0 saturated carbocycles. The summed E-state index contributed by atoms with van der Waals surface area (Å²) in [6.45, 7) is 0. The van der Waals surface area contributed by atoms with Gasteiger partial charge in [-0.25, -0.2) is 4.98 Å². The van der Waals surface area contributed by atoms with Crippen LogP contribution in [0.4, 0.5) is 5.69 Å². The highest BCUT2D eigenvalue weighted by Gasteiger charge is 2.31. The molecule has 1 aliphatic rings. The van der Waals surface area contributed by atoms with Gasteiger partial charge in [0.1, 0.15) is 10.8 Å². The predicted molar refractivity (Wildman–Crippen MR) is 154 cm³/mol. The first kappa shape index (κ1) is 25.4. The number of hydrogen-bond donors (Lipinski definition) is 0. The molecule has 0 bridgehead atoms. The van der Waals surface area contributed by atoms with Gasteiger partial charge in [-0.05, 0) is 48.2 Å². The Hall–Kier alpha value is -4.89. The standard InChI is InChI=1S/C31H23N3O5S/c1-39-24-12-10-19(11-13-24)21-15-28-25(29(35)16-21)17-26(31(36)33(28)22-7-3-2-4-8-22)30-32-27(18-40-30)20-6-5-9-23(14-20)34(37)38/h2-14,17-18,21H,15-16H2,1H3/t21-/m0/s1. The average molecular weight is 550 g/mol. The van der Waals surface area contributed by atoms with Gasteiger partial charge in [0, 0.05) is 46.4 Å². The van der Waals surface area contributed by atoms with Crippen molar-refractivity contribution in [1.82, 2.24) is 9.55 Å². The quantitative estimate of drug-likeness (QED) is 0.178. The Bertz CT molecular complexity index is 1810. The van der Waals surface area contributed by atoms with Gasteiger partial charge < -0.3 is 4.74 Å². The van der Waals surface area contributed by atoms with E-state index in [9.17, 15) is 19.7 Å². The van der Waals surface area contributed by atoms with Crippen LogP contribution in [0.2, 0.25) is 0 Å². The molecule has 198 valence electrons. The fourth-order valence-electron chi connectivity index (χ4n) is 5.16. The zero-order valence-electron chi connectivity index (χ0n) is 21.4. The number of rotatable bonds is 6. The molecule has 6 rings (SSSR count). The fraction of sp³-hybridized carbons (Fsp3) is 0.129. The predicted octanol–water partition coefficient (Wildman–Crippen LogP) is 6.46. The number of carbonyl (C=O) groups is 1. The lowest BCUT2D eigenvalue weighted by atomic mass is 9.81. The van der Waals surface area contributed by atoms with Crippen LogP contribution >= 0.6 is 11.3 Å². The van der Waals surface area contributed by atoms with E-state index < -0.39 is 4.92 Å². The molecule has 0 saturated heterocycles. The number of nitro benzene ring substituents is 1. The first-order chi connectivity index (χ1) is 19.4. The van der Waals surface area contributed by atoms with Gasteiger partial charge >= 0.3 is 0 Å². The molecule has 8 nitrogen and oxygen atoms in total. The van der Waals surface area contributed by atoms with Crippen LogP contribution in [0.1, 0.15) is 34.0 Å². The number of Topliss-reactive ketones (excluding diaryl/α,β-unsaturated/α-hetero) is 1. The number of aromatic nitrogens is 2. The van der Waals surface area contributed by atoms with Crippen molar-refractivity contribution in [2.75, 3.05) is 7.11 Å². The second kappa shape index (κ2) is 10.3. The van der Waals surface area contributed by atoms with Crippen molar-refractivity contribution in [2.45, 2.75) is 18.8 Å². The number of ketones is 1. The number of thiazole rings is 1. The summed E-state index contributed by atoms with van der Waals surface area (Å²) in [4.78, 5) is 43.1. The van der Waals surface area contributed by atoms with E-state index in [0.717, 1.165) is 11.3 Å². The van der Waals surface area contributed by atoms with E-state index in [1.165, 1.54) is 23.5 Å². The Morgan fingerprint density at radius 2 is 1.73 bits per heavy atom. The fourth-order valence-corrected chi connectivity index (χ4v) is 6.00. The van der Waals surface area contributed by atoms with Crippen LogP contribution in [0, 0.1) is 10.1 Å². The summed E-state index contributed by atoms with van der Waals surface area (Å²) in [5.74, 6) is 0.625. The summed E-state index contributed by atoms with van der Waals surface area (Å²) >= 11 is 1.27. The Labute approximate surface area is 233 Å². The highest BCUT2D eigenvalue weighted by atomic mass is 32.1. The SMILES string of the molecule is COc1ccc([C@@H]2CC(=O)c3cc(-c4nc(-c5cccc([N+](=O)[O-])c5)cs4)c(=O)n(-c4ccccc4)c3C2)cc1. The van der Waals surface area contributed by atoms with Gasteiger partial charge in [0.05, 0.1) is 23.3 Å². The maximum absolute atomic E-state index is 14.1. The molecule has 0 amide bonds. The zero-order chi connectivity index (χ0) is 27.8. The van der Waals surface area contributed by atoms with E-state index in [4.69, 9.17) is 4.74 Å². The van der Waals surface area contributed by atoms with E-state index in [-0.39, 0.29) is 22.9 Å². The molecule has 0 radical (unpaired) electrons. The lowest BCUT2D eigenvalue weighted by Gasteiger charge is -2.27. The van der Waals surface area contributed by atoms with Crippen LogP contribution in [0.3, 0.4) is 0 Å². The van der Waals surface area contributed by atoms with E-state index in [1.807, 2.05) is 54.6 Å². The average Bonchev–Trinajstić information content (AvgIpc) is 3.47. The molecule has 3 aromatic carbocycles. The van der Waals surface area contributed by atoms with Crippen LogP contribution in [0.15, 0.2) is 95.1 Å². The number of non-ortho nitro benzene ring substituents is 1. The number of benzene rings is 3. The third-order valence-corrected chi connectivity index (χ3v) is 8.04. The van der Waals surface area contributed by atoms with E-state index in [1.54, 1.807) is 35.3 Å². The maximum atomic E-state index is 14.1. The summed E-state index contributed by atoms with van der Waals surface area (Å²) < 4.78 is 6.91. The highest BCUT2D eigenvalue weighted by Crippen LogP contribution is 2.36. The monoisotopic (exact) mass is 549 g/mol. The summed E-state index contributed by atoms with van der Waals surface area (Å²) in [6.07, 6.45) is 0.844. The van der Waals surface area contributed by atoms with Gasteiger partial charge in [-0.3, -0.25) is 24.3 Å². The van der Waals surface area contributed by atoms with Crippen LogP contribution in [-0.4, -0.2) is 27.4 Å². The number of pyridine rings is 1. The van der Waals surface area contributed by atoms with Crippen molar-refractivity contribution in [3.63, 3.8) is 0 Å². The molecule has 2 heterocycles. The molecule has 5 aromatic rings. The van der Waals surface area contributed by atoms with Gasteiger partial charge in [-0.1, -0.05) is 42.5 Å². The maximum Gasteiger partial charge on any atom is 0.270 e. The smallest absolute Gasteiger partial charge is 0.270 e. The van der Waals surface area contributed by atoms with Crippen molar-refractivity contribution < 1.29 is 14.5 Å². The summed E-state index contributed by atoms with van der Waals surface area (Å²) in [6, 6.07) is 24.9. The minimum atomic E-state index is -0.455. The first-order valence-corrected chi connectivity index (χ1v) is 13.5. The number of ether oxygens (including phenoxy) is 1. The van der Waals surface area contributed by atoms with Gasteiger partial charge in [0.25, 0.3) is 11.2 Å². The van der Waals surface area contributed by atoms with Gasteiger partial charge in [0.2, 0.25) is 0 Å². The molecular weight excluding hydrogens is 526 g/mol. The minimum Gasteiger partial charge on any atom is -0.497 e. The number of nitrogens with zero attached hydrogens (tertiary/aromatic N) is 3. The van der Waals surface area contributed by atoms with E-state index in [2.05, 4.69) is 4.98 Å². The zero-order valence-corrected chi connectivity index (χ0v) is 22.3. The minimum absolute atomic E-state index is 0.0377. The highest BCUT2D eigenvalue weighted by molar-refractivity contribution is 7.13. The van der Waals surface area contributed by atoms with Crippen molar-refractivity contribution in [2.24, 2.45) is 0 Å². The second-order valence-electron chi connectivity index (χ2n) is 9.54. The molecule has 9 heteroatoms. The Morgan fingerprint density at radius 1 is 0.950 bits per heavy atom.